The van der Waals surface area contributed by atoms with Crippen molar-refractivity contribution in [3.8, 4) is 0 Å². The summed E-state index contributed by atoms with van der Waals surface area (Å²) in [4.78, 5) is 23.9. The largest absolute Gasteiger partial charge is 0.453 e. The van der Waals surface area contributed by atoms with Crippen LogP contribution in [0.15, 0.2) is 53.4 Å². The third-order valence-corrected chi connectivity index (χ3v) is 4.00. The van der Waals surface area contributed by atoms with Gasteiger partial charge < -0.3 is 10.1 Å². The highest BCUT2D eigenvalue weighted by Gasteiger charge is 2.05. The smallest absolute Gasteiger partial charge is 0.411 e. The van der Waals surface area contributed by atoms with Crippen LogP contribution in [0.4, 0.5) is 16.2 Å². The van der Waals surface area contributed by atoms with E-state index in [0.717, 1.165) is 16.1 Å². The van der Waals surface area contributed by atoms with Crippen molar-refractivity contribution in [2.24, 2.45) is 0 Å². The van der Waals surface area contributed by atoms with Crippen molar-refractivity contribution in [2.45, 2.75) is 11.8 Å². The predicted octanol–water partition coefficient (Wildman–Crippen LogP) is 3.90. The fourth-order valence-electron chi connectivity index (χ4n) is 1.79. The van der Waals surface area contributed by atoms with E-state index in [-0.39, 0.29) is 5.91 Å². The summed E-state index contributed by atoms with van der Waals surface area (Å²) in [6.45, 7) is 2.00. The first-order valence-corrected chi connectivity index (χ1v) is 8.00. The van der Waals surface area contributed by atoms with E-state index in [2.05, 4.69) is 15.4 Å². The molecule has 0 spiro atoms. The summed E-state index contributed by atoms with van der Waals surface area (Å²) in [6, 6.07) is 14.9. The van der Waals surface area contributed by atoms with Gasteiger partial charge in [0.1, 0.15) is 0 Å². The van der Waals surface area contributed by atoms with Gasteiger partial charge in [-0.05, 0) is 43.3 Å². The van der Waals surface area contributed by atoms with Crippen molar-refractivity contribution >= 4 is 35.1 Å². The quantitative estimate of drug-likeness (QED) is 0.816. The number of hydrogen-bond acceptors (Lipinski definition) is 4. The number of carbonyl (C=O) groups is 2. The van der Waals surface area contributed by atoms with Gasteiger partial charge in [0.2, 0.25) is 5.91 Å². The van der Waals surface area contributed by atoms with Crippen LogP contribution < -0.4 is 10.6 Å². The lowest BCUT2D eigenvalue weighted by molar-refractivity contribution is -0.113. The number of ether oxygens (including phenoxy) is 1. The Morgan fingerprint density at radius 2 is 1.52 bits per heavy atom. The topological polar surface area (TPSA) is 67.4 Å². The zero-order valence-corrected chi connectivity index (χ0v) is 13.8. The maximum absolute atomic E-state index is 11.9. The predicted molar refractivity (Wildman–Crippen MR) is 93.0 cm³/mol. The fourth-order valence-corrected chi connectivity index (χ4v) is 2.48. The molecule has 2 amide bonds. The van der Waals surface area contributed by atoms with E-state index in [1.165, 1.54) is 18.9 Å². The van der Waals surface area contributed by atoms with Gasteiger partial charge in [-0.25, -0.2) is 4.79 Å². The Morgan fingerprint density at radius 1 is 0.957 bits per heavy atom. The third kappa shape index (κ3) is 5.67. The SMILES string of the molecule is COC(=O)Nc1ccc(SCC(=O)Nc2ccc(C)cc2)cc1. The minimum Gasteiger partial charge on any atom is -0.453 e. The maximum Gasteiger partial charge on any atom is 0.411 e. The van der Waals surface area contributed by atoms with Gasteiger partial charge in [-0.3, -0.25) is 10.1 Å². The zero-order valence-electron chi connectivity index (χ0n) is 13.0. The van der Waals surface area contributed by atoms with E-state index < -0.39 is 6.09 Å². The number of anilines is 2. The van der Waals surface area contributed by atoms with Crippen molar-refractivity contribution in [3.63, 3.8) is 0 Å². The lowest BCUT2D eigenvalue weighted by atomic mass is 10.2. The second-order valence-electron chi connectivity index (χ2n) is 4.84. The third-order valence-electron chi connectivity index (χ3n) is 2.99. The fraction of sp³-hybridized carbons (Fsp3) is 0.176. The molecule has 23 heavy (non-hydrogen) atoms. The van der Waals surface area contributed by atoms with Crippen LogP contribution in [0.3, 0.4) is 0 Å². The molecule has 5 nitrogen and oxygen atoms in total. The number of methoxy groups -OCH3 is 1. The van der Waals surface area contributed by atoms with Gasteiger partial charge in [0.05, 0.1) is 12.9 Å². The number of benzene rings is 2. The van der Waals surface area contributed by atoms with E-state index >= 15 is 0 Å². The highest BCUT2D eigenvalue weighted by atomic mass is 32.2. The number of amides is 2. The summed E-state index contributed by atoms with van der Waals surface area (Å²) < 4.78 is 4.52. The molecule has 0 atom stereocenters. The van der Waals surface area contributed by atoms with Crippen molar-refractivity contribution in [1.82, 2.24) is 0 Å². The molecule has 0 aliphatic heterocycles. The van der Waals surface area contributed by atoms with Gasteiger partial charge in [0.25, 0.3) is 0 Å². The van der Waals surface area contributed by atoms with Gasteiger partial charge in [-0.15, -0.1) is 11.8 Å². The van der Waals surface area contributed by atoms with E-state index in [9.17, 15) is 9.59 Å². The monoisotopic (exact) mass is 330 g/mol. The molecule has 120 valence electrons. The molecular weight excluding hydrogens is 312 g/mol. The summed E-state index contributed by atoms with van der Waals surface area (Å²) in [5.74, 6) is 0.258. The summed E-state index contributed by atoms with van der Waals surface area (Å²) in [7, 11) is 1.31. The molecule has 2 aromatic carbocycles. The van der Waals surface area contributed by atoms with Crippen molar-refractivity contribution in [3.05, 3.63) is 54.1 Å². The van der Waals surface area contributed by atoms with Crippen LogP contribution in [0.2, 0.25) is 0 Å². The van der Waals surface area contributed by atoms with Crippen molar-refractivity contribution in [1.29, 1.82) is 0 Å². The molecule has 0 aromatic heterocycles. The number of thioether (sulfide) groups is 1. The van der Waals surface area contributed by atoms with Crippen LogP contribution >= 0.6 is 11.8 Å². The number of rotatable bonds is 5. The second kappa shape index (κ2) is 8.24. The Hall–Kier alpha value is -2.47. The van der Waals surface area contributed by atoms with Crippen molar-refractivity contribution in [2.75, 3.05) is 23.5 Å². The molecule has 0 saturated heterocycles. The summed E-state index contributed by atoms with van der Waals surface area (Å²) in [6.07, 6.45) is -0.511. The molecule has 0 aliphatic rings. The second-order valence-corrected chi connectivity index (χ2v) is 5.89. The average molecular weight is 330 g/mol. The first-order valence-electron chi connectivity index (χ1n) is 7.01. The molecule has 2 rings (SSSR count). The molecule has 0 unspecified atom stereocenters. The van der Waals surface area contributed by atoms with Crippen LogP contribution in [0.5, 0.6) is 0 Å². The lowest BCUT2D eigenvalue weighted by Gasteiger charge is -2.07. The summed E-state index contributed by atoms with van der Waals surface area (Å²) >= 11 is 1.43. The minimum absolute atomic E-state index is 0.0596. The Kier molecular flexibility index (Phi) is 6.05. The normalized spacial score (nSPS) is 10.0. The van der Waals surface area contributed by atoms with Crippen LogP contribution in [-0.4, -0.2) is 24.9 Å². The average Bonchev–Trinajstić information content (AvgIpc) is 2.56. The Labute approximate surface area is 139 Å². The molecule has 0 fully saturated rings. The molecule has 0 aliphatic carbocycles. The van der Waals surface area contributed by atoms with E-state index in [1.807, 2.05) is 43.3 Å². The van der Waals surface area contributed by atoms with Crippen molar-refractivity contribution < 1.29 is 14.3 Å². The Bertz CT molecular complexity index is 669. The van der Waals surface area contributed by atoms with E-state index in [0.29, 0.717) is 11.4 Å². The molecule has 0 saturated carbocycles. The molecule has 6 heteroatoms. The van der Waals surface area contributed by atoms with Gasteiger partial charge in [-0.2, -0.15) is 0 Å². The number of carbonyl (C=O) groups excluding carboxylic acids is 2. The molecule has 0 radical (unpaired) electrons. The van der Waals surface area contributed by atoms with Gasteiger partial charge >= 0.3 is 6.09 Å². The highest BCUT2D eigenvalue weighted by Crippen LogP contribution is 2.21. The first kappa shape index (κ1) is 16.9. The van der Waals surface area contributed by atoms with Crippen LogP contribution in [0.25, 0.3) is 0 Å². The maximum atomic E-state index is 11.9. The molecule has 0 heterocycles. The van der Waals surface area contributed by atoms with Gasteiger partial charge in [-0.1, -0.05) is 17.7 Å². The lowest BCUT2D eigenvalue weighted by Crippen LogP contribution is -2.13. The van der Waals surface area contributed by atoms with E-state index in [4.69, 9.17) is 0 Å². The van der Waals surface area contributed by atoms with E-state index in [1.54, 1.807) is 12.1 Å². The molecule has 0 bridgehead atoms. The number of aryl methyl sites for hydroxylation is 1. The molecule has 2 N–H and O–H groups in total. The van der Waals surface area contributed by atoms with Gasteiger partial charge in [0, 0.05) is 16.3 Å². The van der Waals surface area contributed by atoms with Gasteiger partial charge in [0.15, 0.2) is 0 Å². The Balaban J connectivity index is 1.82. The van der Waals surface area contributed by atoms with Crippen LogP contribution in [-0.2, 0) is 9.53 Å². The number of hydrogen-bond donors (Lipinski definition) is 2. The summed E-state index contributed by atoms with van der Waals surface area (Å²) in [5, 5.41) is 5.42. The highest BCUT2D eigenvalue weighted by molar-refractivity contribution is 8.00. The first-order chi connectivity index (χ1) is 11.1. The molecular formula is C17H18N2O3S. The zero-order chi connectivity index (χ0) is 16.7. The Morgan fingerprint density at radius 3 is 2.13 bits per heavy atom. The van der Waals surface area contributed by atoms with Crippen LogP contribution in [0.1, 0.15) is 5.56 Å². The standard InChI is InChI=1S/C17H18N2O3S/c1-12-3-5-13(6-4-12)18-16(20)11-23-15-9-7-14(8-10-15)19-17(21)22-2/h3-10H,11H2,1-2H3,(H,18,20)(H,19,21). The molecule has 2 aromatic rings. The summed E-state index contributed by atoms with van der Waals surface area (Å²) in [5.41, 5.74) is 2.59. The number of nitrogens with one attached hydrogen (secondary N) is 2. The van der Waals surface area contributed by atoms with Crippen LogP contribution in [0, 0.1) is 6.92 Å². The minimum atomic E-state index is -0.511.